The van der Waals surface area contributed by atoms with Crippen molar-refractivity contribution in [2.75, 3.05) is 13.1 Å². The summed E-state index contributed by atoms with van der Waals surface area (Å²) in [5, 5.41) is 0. The molecule has 1 aliphatic heterocycles. The van der Waals surface area contributed by atoms with Crippen molar-refractivity contribution in [3.63, 3.8) is 0 Å². The molecule has 3 rings (SSSR count). The van der Waals surface area contributed by atoms with Crippen molar-refractivity contribution in [1.82, 2.24) is 4.90 Å². The van der Waals surface area contributed by atoms with E-state index in [1.165, 1.54) is 0 Å². The van der Waals surface area contributed by atoms with E-state index in [4.69, 9.17) is 4.42 Å². The smallest absolute Gasteiger partial charge is 0.289 e. The average Bonchev–Trinajstić information content (AvgIpc) is 3.17. The molecule has 3 heteroatoms. The standard InChI is InChI=1S/C17H15NO2/c19-17(18-12-4-5-13-18)16-11-10-15(20-16)9-8-14-6-2-1-3-7-14/h1-3,6-7,10-11H,4-5,12-13H2. The van der Waals surface area contributed by atoms with Crippen molar-refractivity contribution in [3.8, 4) is 11.8 Å². The lowest BCUT2D eigenvalue weighted by Gasteiger charge is -2.12. The van der Waals surface area contributed by atoms with E-state index in [2.05, 4.69) is 11.8 Å². The van der Waals surface area contributed by atoms with E-state index >= 15 is 0 Å². The third-order valence-electron chi connectivity index (χ3n) is 3.31. The highest BCUT2D eigenvalue weighted by Gasteiger charge is 2.21. The summed E-state index contributed by atoms with van der Waals surface area (Å²) < 4.78 is 5.51. The van der Waals surface area contributed by atoms with Crippen molar-refractivity contribution in [2.24, 2.45) is 0 Å². The number of hydrogen-bond donors (Lipinski definition) is 0. The Morgan fingerprint density at radius 1 is 1.00 bits per heavy atom. The van der Waals surface area contributed by atoms with Gasteiger partial charge in [0.15, 0.2) is 11.5 Å². The zero-order chi connectivity index (χ0) is 13.8. The van der Waals surface area contributed by atoms with E-state index < -0.39 is 0 Å². The van der Waals surface area contributed by atoms with Gasteiger partial charge in [0.05, 0.1) is 0 Å². The van der Waals surface area contributed by atoms with E-state index in [0.29, 0.717) is 11.5 Å². The molecular weight excluding hydrogens is 250 g/mol. The highest BCUT2D eigenvalue weighted by Crippen LogP contribution is 2.15. The van der Waals surface area contributed by atoms with Crippen LogP contribution in [0.25, 0.3) is 0 Å². The van der Waals surface area contributed by atoms with Gasteiger partial charge in [0.2, 0.25) is 0 Å². The van der Waals surface area contributed by atoms with Crippen LogP contribution in [0.4, 0.5) is 0 Å². The number of nitrogens with zero attached hydrogens (tertiary/aromatic N) is 1. The first-order valence-electron chi connectivity index (χ1n) is 6.79. The minimum Gasteiger partial charge on any atom is -0.443 e. The average molecular weight is 265 g/mol. The minimum absolute atomic E-state index is 0.0322. The minimum atomic E-state index is -0.0322. The third-order valence-corrected chi connectivity index (χ3v) is 3.31. The summed E-state index contributed by atoms with van der Waals surface area (Å²) in [6.07, 6.45) is 2.15. The van der Waals surface area contributed by atoms with Gasteiger partial charge in [0.25, 0.3) is 5.91 Å². The van der Waals surface area contributed by atoms with Crippen LogP contribution in [0.3, 0.4) is 0 Å². The number of rotatable bonds is 1. The Kier molecular flexibility index (Phi) is 3.56. The molecule has 0 radical (unpaired) electrons. The summed E-state index contributed by atoms with van der Waals surface area (Å²) in [6, 6.07) is 13.2. The molecule has 1 saturated heterocycles. The molecule has 3 nitrogen and oxygen atoms in total. The summed E-state index contributed by atoms with van der Waals surface area (Å²) in [6.45, 7) is 1.65. The molecule has 0 bridgehead atoms. The number of furan rings is 1. The fourth-order valence-corrected chi connectivity index (χ4v) is 2.25. The Hall–Kier alpha value is -2.47. The second kappa shape index (κ2) is 5.66. The Bertz CT molecular complexity index is 655. The number of carbonyl (C=O) groups excluding carboxylic acids is 1. The zero-order valence-corrected chi connectivity index (χ0v) is 11.1. The number of amides is 1. The van der Waals surface area contributed by atoms with Crippen LogP contribution in [0.15, 0.2) is 46.9 Å². The molecule has 1 aromatic carbocycles. The van der Waals surface area contributed by atoms with E-state index in [1.807, 2.05) is 35.2 Å². The lowest BCUT2D eigenvalue weighted by atomic mass is 10.2. The predicted molar refractivity (Wildman–Crippen MR) is 76.3 cm³/mol. The molecule has 20 heavy (non-hydrogen) atoms. The molecule has 0 spiro atoms. The van der Waals surface area contributed by atoms with Crippen LogP contribution in [0.2, 0.25) is 0 Å². The number of likely N-dealkylation sites (tertiary alicyclic amines) is 1. The van der Waals surface area contributed by atoms with Gasteiger partial charge in [-0.1, -0.05) is 24.1 Å². The van der Waals surface area contributed by atoms with E-state index in [9.17, 15) is 4.79 Å². The van der Waals surface area contributed by atoms with Crippen molar-refractivity contribution >= 4 is 5.91 Å². The van der Waals surface area contributed by atoms with Crippen molar-refractivity contribution in [1.29, 1.82) is 0 Å². The molecule has 0 saturated carbocycles. The second-order valence-corrected chi connectivity index (χ2v) is 4.78. The van der Waals surface area contributed by atoms with Gasteiger partial charge >= 0.3 is 0 Å². The van der Waals surface area contributed by atoms with Gasteiger partial charge in [-0.15, -0.1) is 0 Å². The maximum atomic E-state index is 12.1. The summed E-state index contributed by atoms with van der Waals surface area (Å²) in [4.78, 5) is 13.9. The lowest BCUT2D eigenvalue weighted by Crippen LogP contribution is -2.27. The summed E-state index contributed by atoms with van der Waals surface area (Å²) in [7, 11) is 0. The van der Waals surface area contributed by atoms with Crippen LogP contribution in [-0.2, 0) is 0 Å². The van der Waals surface area contributed by atoms with Gasteiger partial charge in [0, 0.05) is 18.7 Å². The molecule has 2 heterocycles. The SMILES string of the molecule is O=C(c1ccc(C#Cc2ccccc2)o1)N1CCCC1. The highest BCUT2D eigenvalue weighted by molar-refractivity contribution is 5.91. The first-order valence-corrected chi connectivity index (χ1v) is 6.79. The molecule has 100 valence electrons. The molecule has 0 unspecified atom stereocenters. The summed E-state index contributed by atoms with van der Waals surface area (Å²) >= 11 is 0. The van der Waals surface area contributed by atoms with Crippen LogP contribution < -0.4 is 0 Å². The van der Waals surface area contributed by atoms with E-state index in [1.54, 1.807) is 12.1 Å². The van der Waals surface area contributed by atoms with Crippen molar-refractivity contribution in [2.45, 2.75) is 12.8 Å². The van der Waals surface area contributed by atoms with Crippen LogP contribution >= 0.6 is 0 Å². The van der Waals surface area contributed by atoms with Crippen molar-refractivity contribution in [3.05, 3.63) is 59.5 Å². The largest absolute Gasteiger partial charge is 0.443 e. The lowest BCUT2D eigenvalue weighted by molar-refractivity contribution is 0.0760. The maximum absolute atomic E-state index is 12.1. The zero-order valence-electron chi connectivity index (χ0n) is 11.1. The third kappa shape index (κ3) is 2.75. The summed E-state index contributed by atoms with van der Waals surface area (Å²) in [5.41, 5.74) is 0.927. The molecule has 1 fully saturated rings. The van der Waals surface area contributed by atoms with Crippen LogP contribution in [0, 0.1) is 11.8 Å². The molecule has 1 aliphatic rings. The molecule has 0 N–H and O–H groups in total. The van der Waals surface area contributed by atoms with Crippen LogP contribution in [-0.4, -0.2) is 23.9 Å². The molecule has 1 amide bonds. The predicted octanol–water partition coefficient (Wildman–Crippen LogP) is 2.92. The quantitative estimate of drug-likeness (QED) is 0.743. The Morgan fingerprint density at radius 3 is 2.50 bits per heavy atom. The fraction of sp³-hybridized carbons (Fsp3) is 0.235. The van der Waals surface area contributed by atoms with Gasteiger partial charge in [0.1, 0.15) is 0 Å². The molecule has 2 aromatic rings. The van der Waals surface area contributed by atoms with E-state index in [-0.39, 0.29) is 5.91 Å². The second-order valence-electron chi connectivity index (χ2n) is 4.78. The van der Waals surface area contributed by atoms with Crippen LogP contribution in [0.5, 0.6) is 0 Å². The Balaban J connectivity index is 1.74. The molecular formula is C17H15NO2. The van der Waals surface area contributed by atoms with E-state index in [0.717, 1.165) is 31.5 Å². The first kappa shape index (κ1) is 12.6. The molecule has 0 aliphatic carbocycles. The molecule has 1 aromatic heterocycles. The Morgan fingerprint density at radius 2 is 1.75 bits per heavy atom. The number of carbonyl (C=O) groups is 1. The summed E-state index contributed by atoms with van der Waals surface area (Å²) in [5.74, 6) is 6.82. The molecule has 0 atom stereocenters. The van der Waals surface area contributed by atoms with Crippen LogP contribution in [0.1, 0.15) is 34.7 Å². The van der Waals surface area contributed by atoms with Gasteiger partial charge in [-0.05, 0) is 43.0 Å². The fourth-order valence-electron chi connectivity index (χ4n) is 2.25. The highest BCUT2D eigenvalue weighted by atomic mass is 16.3. The van der Waals surface area contributed by atoms with Gasteiger partial charge in [-0.2, -0.15) is 0 Å². The van der Waals surface area contributed by atoms with Gasteiger partial charge in [-0.25, -0.2) is 0 Å². The monoisotopic (exact) mass is 265 g/mol. The Labute approximate surface area is 118 Å². The number of benzene rings is 1. The normalized spacial score (nSPS) is 13.9. The van der Waals surface area contributed by atoms with Crippen molar-refractivity contribution < 1.29 is 9.21 Å². The number of hydrogen-bond acceptors (Lipinski definition) is 2. The topological polar surface area (TPSA) is 33.5 Å². The first-order chi connectivity index (χ1) is 9.83. The van der Waals surface area contributed by atoms with Gasteiger partial charge < -0.3 is 9.32 Å². The maximum Gasteiger partial charge on any atom is 0.289 e. The van der Waals surface area contributed by atoms with Gasteiger partial charge in [-0.3, -0.25) is 4.79 Å².